The second-order valence-electron chi connectivity index (χ2n) is 4.82. The summed E-state index contributed by atoms with van der Waals surface area (Å²) in [5.41, 5.74) is 2.01. The monoisotopic (exact) mass is 369 g/mol. The van der Waals surface area contributed by atoms with Gasteiger partial charge < -0.3 is 9.55 Å². The number of imidazole rings is 1. The molecule has 22 heavy (non-hydrogen) atoms. The molecular formula is C15H13Cl2N3S2. The van der Waals surface area contributed by atoms with Crippen LogP contribution in [0.3, 0.4) is 0 Å². The zero-order chi connectivity index (χ0) is 15.7. The van der Waals surface area contributed by atoms with Crippen LogP contribution < -0.4 is 0 Å². The van der Waals surface area contributed by atoms with Crippen molar-refractivity contribution in [3.05, 3.63) is 56.4 Å². The van der Waals surface area contributed by atoms with E-state index in [4.69, 9.17) is 35.4 Å². The van der Waals surface area contributed by atoms with Crippen LogP contribution in [0, 0.1) is 4.77 Å². The molecular weight excluding hydrogens is 357 g/mol. The second-order valence-corrected chi connectivity index (χ2v) is 6.91. The van der Waals surface area contributed by atoms with Gasteiger partial charge in [0.25, 0.3) is 0 Å². The maximum absolute atomic E-state index is 6.15. The van der Waals surface area contributed by atoms with Gasteiger partial charge in [-0.05, 0) is 36.3 Å². The molecule has 1 aromatic carbocycles. The van der Waals surface area contributed by atoms with E-state index < -0.39 is 0 Å². The number of hydrogen-bond acceptors (Lipinski definition) is 3. The molecule has 1 atom stereocenters. The van der Waals surface area contributed by atoms with Gasteiger partial charge >= 0.3 is 0 Å². The molecule has 0 aliphatic carbocycles. The van der Waals surface area contributed by atoms with Gasteiger partial charge in [0.1, 0.15) is 5.01 Å². The van der Waals surface area contributed by atoms with Crippen molar-refractivity contribution >= 4 is 46.8 Å². The van der Waals surface area contributed by atoms with Gasteiger partial charge in [-0.25, -0.2) is 4.98 Å². The fourth-order valence-corrected chi connectivity index (χ4v) is 3.62. The van der Waals surface area contributed by atoms with Gasteiger partial charge in [-0.1, -0.05) is 36.2 Å². The number of aromatic nitrogens is 3. The third-order valence-corrected chi connectivity index (χ3v) is 5.32. The molecule has 2 aromatic heterocycles. The van der Waals surface area contributed by atoms with Crippen LogP contribution in [0.5, 0.6) is 0 Å². The first-order valence-corrected chi connectivity index (χ1v) is 8.80. The molecule has 0 aliphatic heterocycles. The zero-order valence-electron chi connectivity index (χ0n) is 11.7. The van der Waals surface area contributed by atoms with Gasteiger partial charge in [0, 0.05) is 17.8 Å². The summed E-state index contributed by atoms with van der Waals surface area (Å²) in [7, 11) is 0. The Morgan fingerprint density at radius 2 is 2.18 bits per heavy atom. The Bertz CT molecular complexity index is 837. The number of nitrogens with zero attached hydrogens (tertiary/aromatic N) is 2. The Kier molecular flexibility index (Phi) is 4.68. The maximum atomic E-state index is 6.15. The quantitative estimate of drug-likeness (QED) is 0.574. The van der Waals surface area contributed by atoms with E-state index >= 15 is 0 Å². The minimum absolute atomic E-state index is 0.104. The molecule has 114 valence electrons. The molecule has 0 saturated heterocycles. The van der Waals surface area contributed by atoms with E-state index in [1.807, 2.05) is 34.3 Å². The Morgan fingerprint density at radius 1 is 1.36 bits per heavy atom. The minimum Gasteiger partial charge on any atom is -0.329 e. The van der Waals surface area contributed by atoms with Gasteiger partial charge in [0.15, 0.2) is 4.77 Å². The molecule has 1 N–H and O–H groups in total. The van der Waals surface area contributed by atoms with E-state index in [9.17, 15) is 0 Å². The van der Waals surface area contributed by atoms with Crippen LogP contribution in [0.2, 0.25) is 10.0 Å². The molecule has 0 radical (unpaired) electrons. The first kappa shape index (κ1) is 15.7. The smallest absolute Gasteiger partial charge is 0.178 e. The van der Waals surface area contributed by atoms with Crippen LogP contribution in [0.1, 0.15) is 24.9 Å². The summed E-state index contributed by atoms with van der Waals surface area (Å²) < 4.78 is 2.72. The molecule has 0 saturated carbocycles. The van der Waals surface area contributed by atoms with Gasteiger partial charge in [-0.2, -0.15) is 0 Å². The number of nitrogens with one attached hydrogen (secondary N) is 1. The Morgan fingerprint density at radius 3 is 2.82 bits per heavy atom. The first-order chi connectivity index (χ1) is 10.6. The number of hydrogen-bond donors (Lipinski definition) is 1. The largest absolute Gasteiger partial charge is 0.329 e. The van der Waals surface area contributed by atoms with E-state index in [0.717, 1.165) is 22.7 Å². The number of benzene rings is 1. The lowest BCUT2D eigenvalue weighted by atomic mass is 10.0. The van der Waals surface area contributed by atoms with E-state index in [1.54, 1.807) is 17.5 Å². The minimum atomic E-state index is 0.104. The van der Waals surface area contributed by atoms with Crippen LogP contribution in [-0.4, -0.2) is 14.5 Å². The van der Waals surface area contributed by atoms with Crippen molar-refractivity contribution in [3.63, 3.8) is 0 Å². The summed E-state index contributed by atoms with van der Waals surface area (Å²) in [5.74, 6) is 0. The average molecular weight is 370 g/mol. The predicted molar refractivity (Wildman–Crippen MR) is 95.6 cm³/mol. The van der Waals surface area contributed by atoms with Crippen molar-refractivity contribution < 1.29 is 0 Å². The highest BCUT2D eigenvalue weighted by atomic mass is 35.5. The number of rotatable bonds is 4. The molecule has 3 rings (SSSR count). The SMILES string of the molecule is CCC(c1ccc(Cl)c(Cl)c1)n1cc(-c2nccs2)[nH]c1=S. The summed E-state index contributed by atoms with van der Waals surface area (Å²) in [6.45, 7) is 2.12. The van der Waals surface area contributed by atoms with Crippen LogP contribution in [0.4, 0.5) is 0 Å². The topological polar surface area (TPSA) is 33.6 Å². The fourth-order valence-electron chi connectivity index (χ4n) is 2.42. The predicted octanol–water partition coefficient (Wildman–Crippen LogP) is 5.98. The van der Waals surface area contributed by atoms with E-state index in [0.29, 0.717) is 14.8 Å². The Hall–Kier alpha value is -1.14. The van der Waals surface area contributed by atoms with Crippen LogP contribution in [0.15, 0.2) is 36.0 Å². The van der Waals surface area contributed by atoms with Crippen molar-refractivity contribution in [1.82, 2.24) is 14.5 Å². The van der Waals surface area contributed by atoms with Gasteiger partial charge in [-0.15, -0.1) is 11.3 Å². The van der Waals surface area contributed by atoms with Crippen molar-refractivity contribution in [3.8, 4) is 10.7 Å². The highest BCUT2D eigenvalue weighted by Crippen LogP contribution is 2.30. The van der Waals surface area contributed by atoms with Crippen molar-refractivity contribution in [2.24, 2.45) is 0 Å². The fraction of sp³-hybridized carbons (Fsp3) is 0.200. The molecule has 7 heteroatoms. The molecule has 0 bridgehead atoms. The summed E-state index contributed by atoms with van der Waals surface area (Å²) in [5, 5.41) is 3.98. The van der Waals surface area contributed by atoms with E-state index in [2.05, 4.69) is 16.9 Å². The third kappa shape index (κ3) is 2.99. The molecule has 0 spiro atoms. The van der Waals surface area contributed by atoms with Crippen LogP contribution >= 0.6 is 46.8 Å². The van der Waals surface area contributed by atoms with Crippen LogP contribution in [0.25, 0.3) is 10.7 Å². The average Bonchev–Trinajstić information content (AvgIpc) is 3.14. The lowest BCUT2D eigenvalue weighted by Crippen LogP contribution is -2.08. The lowest BCUT2D eigenvalue weighted by molar-refractivity contribution is 0.560. The standard InChI is InChI=1S/C15H13Cl2N3S2/c1-2-13(9-3-4-10(16)11(17)7-9)20-8-12(19-15(20)21)14-18-5-6-22-14/h3-8,13H,2H2,1H3,(H,19,21). The molecule has 2 heterocycles. The Labute approximate surface area is 147 Å². The number of aromatic amines is 1. The first-order valence-electron chi connectivity index (χ1n) is 6.76. The maximum Gasteiger partial charge on any atom is 0.178 e. The molecule has 0 amide bonds. The van der Waals surface area contributed by atoms with Crippen LogP contribution in [-0.2, 0) is 0 Å². The lowest BCUT2D eigenvalue weighted by Gasteiger charge is -2.17. The molecule has 0 fully saturated rings. The zero-order valence-corrected chi connectivity index (χ0v) is 14.9. The summed E-state index contributed by atoms with van der Waals surface area (Å²) in [4.78, 5) is 7.54. The van der Waals surface area contributed by atoms with Gasteiger partial charge in [-0.3, -0.25) is 0 Å². The number of H-pyrrole nitrogens is 1. The van der Waals surface area contributed by atoms with Gasteiger partial charge in [0.2, 0.25) is 0 Å². The molecule has 3 nitrogen and oxygen atoms in total. The summed E-state index contributed by atoms with van der Waals surface area (Å²) in [6, 6.07) is 5.81. The number of thiazole rings is 1. The third-order valence-electron chi connectivity index (χ3n) is 3.46. The van der Waals surface area contributed by atoms with E-state index in [-0.39, 0.29) is 6.04 Å². The van der Waals surface area contributed by atoms with E-state index in [1.165, 1.54) is 0 Å². The molecule has 3 aromatic rings. The van der Waals surface area contributed by atoms with Crippen molar-refractivity contribution in [2.45, 2.75) is 19.4 Å². The molecule has 0 aliphatic rings. The highest BCUT2D eigenvalue weighted by molar-refractivity contribution is 7.71. The molecule has 1 unspecified atom stereocenters. The Balaban J connectivity index is 2.04. The second kappa shape index (κ2) is 6.54. The highest BCUT2D eigenvalue weighted by Gasteiger charge is 2.16. The summed E-state index contributed by atoms with van der Waals surface area (Å²) >= 11 is 19.2. The summed E-state index contributed by atoms with van der Waals surface area (Å²) in [6.07, 6.45) is 4.68. The van der Waals surface area contributed by atoms with Crippen molar-refractivity contribution in [2.75, 3.05) is 0 Å². The van der Waals surface area contributed by atoms with Crippen molar-refractivity contribution in [1.29, 1.82) is 0 Å². The number of halogens is 2. The van der Waals surface area contributed by atoms with Gasteiger partial charge in [0.05, 0.1) is 21.8 Å². The normalized spacial score (nSPS) is 12.5.